The van der Waals surface area contributed by atoms with E-state index in [1.165, 1.54) is 0 Å². The molecule has 1 aliphatic rings. The molecule has 2 aromatic carbocycles. The lowest BCUT2D eigenvalue weighted by Crippen LogP contribution is -2.43. The molecule has 3 aromatic rings. The number of H-pyrrole nitrogens is 1. The van der Waals surface area contributed by atoms with E-state index in [1.54, 1.807) is 4.90 Å². The second kappa shape index (κ2) is 7.04. The Morgan fingerprint density at radius 2 is 1.92 bits per heavy atom. The fourth-order valence-electron chi connectivity index (χ4n) is 3.50. The van der Waals surface area contributed by atoms with Crippen molar-refractivity contribution in [2.45, 2.75) is 12.8 Å². The predicted molar refractivity (Wildman–Crippen MR) is 102 cm³/mol. The van der Waals surface area contributed by atoms with E-state index < -0.39 is 0 Å². The number of aromatic amines is 1. The minimum Gasteiger partial charge on any atom is -0.361 e. The Hall–Kier alpha value is -3.08. The molecule has 1 saturated heterocycles. The van der Waals surface area contributed by atoms with Gasteiger partial charge < -0.3 is 15.2 Å². The van der Waals surface area contributed by atoms with Crippen LogP contribution in [-0.4, -0.2) is 34.8 Å². The number of hydrogen-bond acceptors (Lipinski definition) is 2. The average Bonchev–Trinajstić information content (AvgIpc) is 3.16. The molecule has 26 heavy (non-hydrogen) atoms. The van der Waals surface area contributed by atoms with E-state index in [4.69, 9.17) is 0 Å². The molecule has 1 aliphatic heterocycles. The topological polar surface area (TPSA) is 65.2 Å². The number of rotatable bonds is 3. The minimum absolute atomic E-state index is 0.0151. The van der Waals surface area contributed by atoms with Crippen LogP contribution >= 0.6 is 0 Å². The van der Waals surface area contributed by atoms with Gasteiger partial charge in [-0.1, -0.05) is 24.3 Å². The van der Waals surface area contributed by atoms with Gasteiger partial charge in [-0.3, -0.25) is 9.59 Å². The second-order valence-corrected chi connectivity index (χ2v) is 6.73. The predicted octanol–water partition coefficient (Wildman–Crippen LogP) is 3.66. The molecule has 1 atom stereocenters. The number of carbonyl (C=O) groups is 2. The standard InChI is InChI=1S/C21H21N3O2/c25-20(23-18-6-2-1-3-7-18)17-5-4-12-24(14-17)21(26)16-9-8-15-10-11-22-19(15)13-16/h1-3,6-11,13,17,22H,4-5,12,14H2,(H,23,25)/t17-/m1/s1. The van der Waals surface area contributed by atoms with E-state index in [1.807, 2.05) is 60.8 Å². The molecule has 5 nitrogen and oxygen atoms in total. The summed E-state index contributed by atoms with van der Waals surface area (Å²) in [6, 6.07) is 17.1. The summed E-state index contributed by atoms with van der Waals surface area (Å²) in [7, 11) is 0. The van der Waals surface area contributed by atoms with E-state index >= 15 is 0 Å². The number of fused-ring (bicyclic) bond motifs is 1. The Morgan fingerprint density at radius 3 is 2.77 bits per heavy atom. The molecule has 0 radical (unpaired) electrons. The van der Waals surface area contributed by atoms with E-state index in [2.05, 4.69) is 10.3 Å². The summed E-state index contributed by atoms with van der Waals surface area (Å²) >= 11 is 0. The maximum atomic E-state index is 12.9. The van der Waals surface area contributed by atoms with Crippen molar-refractivity contribution < 1.29 is 9.59 Å². The number of nitrogens with one attached hydrogen (secondary N) is 2. The molecule has 132 valence electrons. The van der Waals surface area contributed by atoms with Crippen molar-refractivity contribution in [3.05, 3.63) is 66.4 Å². The molecule has 2 amide bonds. The Kier molecular flexibility index (Phi) is 4.44. The summed E-state index contributed by atoms with van der Waals surface area (Å²) in [6.07, 6.45) is 3.51. The van der Waals surface area contributed by atoms with Crippen LogP contribution in [0.2, 0.25) is 0 Å². The van der Waals surface area contributed by atoms with Gasteiger partial charge in [-0.2, -0.15) is 0 Å². The van der Waals surface area contributed by atoms with Gasteiger partial charge in [0, 0.05) is 36.1 Å². The number of aromatic nitrogens is 1. The van der Waals surface area contributed by atoms with Crippen LogP contribution in [0.3, 0.4) is 0 Å². The maximum Gasteiger partial charge on any atom is 0.253 e. The van der Waals surface area contributed by atoms with Crippen LogP contribution in [0, 0.1) is 5.92 Å². The maximum absolute atomic E-state index is 12.9. The highest BCUT2D eigenvalue weighted by atomic mass is 16.2. The summed E-state index contributed by atoms with van der Waals surface area (Å²) in [5, 5.41) is 4.03. The molecule has 2 heterocycles. The molecule has 0 aliphatic carbocycles. The summed E-state index contributed by atoms with van der Waals surface area (Å²) in [5.41, 5.74) is 2.40. The fourth-order valence-corrected chi connectivity index (χ4v) is 3.50. The highest BCUT2D eigenvalue weighted by molar-refractivity contribution is 5.99. The van der Waals surface area contributed by atoms with Gasteiger partial charge in [-0.05, 0) is 48.6 Å². The Morgan fingerprint density at radius 1 is 1.08 bits per heavy atom. The van der Waals surface area contributed by atoms with Gasteiger partial charge in [-0.25, -0.2) is 0 Å². The number of hydrogen-bond donors (Lipinski definition) is 2. The Balaban J connectivity index is 1.45. The minimum atomic E-state index is -0.179. The fraction of sp³-hybridized carbons (Fsp3) is 0.238. The molecule has 0 unspecified atom stereocenters. The first kappa shape index (κ1) is 16.4. The number of anilines is 1. The lowest BCUT2D eigenvalue weighted by molar-refractivity contribution is -0.121. The van der Waals surface area contributed by atoms with Crippen molar-refractivity contribution in [3.8, 4) is 0 Å². The van der Waals surface area contributed by atoms with Crippen molar-refractivity contribution >= 4 is 28.4 Å². The van der Waals surface area contributed by atoms with Gasteiger partial charge in [0.25, 0.3) is 5.91 Å². The van der Waals surface area contributed by atoms with Gasteiger partial charge in [0.15, 0.2) is 0 Å². The zero-order valence-electron chi connectivity index (χ0n) is 14.4. The van der Waals surface area contributed by atoms with Gasteiger partial charge in [-0.15, -0.1) is 0 Å². The van der Waals surface area contributed by atoms with Crippen molar-refractivity contribution in [2.75, 3.05) is 18.4 Å². The first-order valence-electron chi connectivity index (χ1n) is 8.93. The number of para-hydroxylation sites is 1. The number of amides is 2. The van der Waals surface area contributed by atoms with E-state index in [0.717, 1.165) is 29.4 Å². The number of carbonyl (C=O) groups excluding carboxylic acids is 2. The first-order chi connectivity index (χ1) is 12.7. The van der Waals surface area contributed by atoms with Gasteiger partial charge in [0.2, 0.25) is 5.91 Å². The van der Waals surface area contributed by atoms with Gasteiger partial charge >= 0.3 is 0 Å². The molecule has 0 spiro atoms. The molecule has 1 aromatic heterocycles. The van der Waals surface area contributed by atoms with Crippen molar-refractivity contribution in [3.63, 3.8) is 0 Å². The molecule has 4 rings (SSSR count). The third kappa shape index (κ3) is 3.33. The van der Waals surface area contributed by atoms with E-state index in [-0.39, 0.29) is 17.7 Å². The zero-order valence-corrected chi connectivity index (χ0v) is 14.4. The van der Waals surface area contributed by atoms with Crippen molar-refractivity contribution in [1.82, 2.24) is 9.88 Å². The van der Waals surface area contributed by atoms with E-state index in [0.29, 0.717) is 18.7 Å². The summed E-state index contributed by atoms with van der Waals surface area (Å²) < 4.78 is 0. The molecule has 0 saturated carbocycles. The third-order valence-corrected chi connectivity index (χ3v) is 4.92. The molecule has 0 bridgehead atoms. The van der Waals surface area contributed by atoms with Crippen molar-refractivity contribution in [2.24, 2.45) is 5.92 Å². The largest absolute Gasteiger partial charge is 0.361 e. The van der Waals surface area contributed by atoms with Crippen LogP contribution in [0.1, 0.15) is 23.2 Å². The Labute approximate surface area is 152 Å². The lowest BCUT2D eigenvalue weighted by Gasteiger charge is -2.32. The number of benzene rings is 2. The molecular formula is C21H21N3O2. The summed E-state index contributed by atoms with van der Waals surface area (Å²) in [4.78, 5) is 30.4. The van der Waals surface area contributed by atoms with Gasteiger partial charge in [0.05, 0.1) is 5.92 Å². The summed E-state index contributed by atoms with van der Waals surface area (Å²) in [6.45, 7) is 1.15. The smallest absolute Gasteiger partial charge is 0.253 e. The number of nitrogens with zero attached hydrogens (tertiary/aromatic N) is 1. The second-order valence-electron chi connectivity index (χ2n) is 6.73. The zero-order chi connectivity index (χ0) is 17.9. The van der Waals surface area contributed by atoms with Crippen LogP contribution in [0.4, 0.5) is 5.69 Å². The third-order valence-electron chi connectivity index (χ3n) is 4.92. The normalized spacial score (nSPS) is 17.2. The molecule has 5 heteroatoms. The van der Waals surface area contributed by atoms with E-state index in [9.17, 15) is 9.59 Å². The van der Waals surface area contributed by atoms with Crippen LogP contribution in [-0.2, 0) is 4.79 Å². The molecule has 1 fully saturated rings. The SMILES string of the molecule is O=C(Nc1ccccc1)[C@@H]1CCCN(C(=O)c2ccc3cc[nH]c3c2)C1. The average molecular weight is 347 g/mol. The quantitative estimate of drug-likeness (QED) is 0.759. The summed E-state index contributed by atoms with van der Waals surface area (Å²) in [5.74, 6) is -0.214. The lowest BCUT2D eigenvalue weighted by atomic mass is 9.96. The van der Waals surface area contributed by atoms with Crippen LogP contribution in [0.15, 0.2) is 60.8 Å². The van der Waals surface area contributed by atoms with Crippen molar-refractivity contribution in [1.29, 1.82) is 0 Å². The molecule has 2 N–H and O–H groups in total. The highest BCUT2D eigenvalue weighted by Crippen LogP contribution is 2.22. The highest BCUT2D eigenvalue weighted by Gasteiger charge is 2.29. The Bertz CT molecular complexity index is 933. The number of likely N-dealkylation sites (tertiary alicyclic amines) is 1. The van der Waals surface area contributed by atoms with Crippen LogP contribution < -0.4 is 5.32 Å². The van der Waals surface area contributed by atoms with Crippen LogP contribution in [0.25, 0.3) is 10.9 Å². The number of piperidine rings is 1. The van der Waals surface area contributed by atoms with Gasteiger partial charge in [0.1, 0.15) is 0 Å². The van der Waals surface area contributed by atoms with Crippen LogP contribution in [0.5, 0.6) is 0 Å². The monoisotopic (exact) mass is 347 g/mol. The molecular weight excluding hydrogens is 326 g/mol. The first-order valence-corrected chi connectivity index (χ1v) is 8.93.